The van der Waals surface area contributed by atoms with Crippen molar-refractivity contribution < 1.29 is 18.0 Å². The van der Waals surface area contributed by atoms with Crippen LogP contribution in [-0.4, -0.2) is 12.5 Å². The fraction of sp³-hybridized carbons (Fsp3) is 0.417. The van der Waals surface area contributed by atoms with Crippen LogP contribution in [0.2, 0.25) is 0 Å². The van der Waals surface area contributed by atoms with Gasteiger partial charge >= 0.3 is 6.18 Å². The predicted molar refractivity (Wildman–Crippen MR) is 63.0 cm³/mol. The topological polar surface area (TPSA) is 55.1 Å². The largest absolute Gasteiger partial charge is 0.418 e. The van der Waals surface area contributed by atoms with Crippen molar-refractivity contribution in [1.29, 1.82) is 0 Å². The van der Waals surface area contributed by atoms with E-state index in [1.807, 2.05) is 13.8 Å². The van der Waals surface area contributed by atoms with Crippen LogP contribution in [0.25, 0.3) is 0 Å². The van der Waals surface area contributed by atoms with Crippen LogP contribution in [-0.2, 0) is 6.18 Å². The van der Waals surface area contributed by atoms with Crippen molar-refractivity contribution in [2.75, 3.05) is 12.3 Å². The van der Waals surface area contributed by atoms with E-state index in [1.165, 1.54) is 6.07 Å². The van der Waals surface area contributed by atoms with E-state index in [-0.39, 0.29) is 17.2 Å². The molecule has 6 heteroatoms. The van der Waals surface area contributed by atoms with Gasteiger partial charge < -0.3 is 11.1 Å². The second kappa shape index (κ2) is 5.29. The highest BCUT2D eigenvalue weighted by Gasteiger charge is 2.33. The van der Waals surface area contributed by atoms with Crippen molar-refractivity contribution in [3.05, 3.63) is 29.3 Å². The van der Waals surface area contributed by atoms with Crippen LogP contribution in [0, 0.1) is 5.92 Å². The van der Waals surface area contributed by atoms with E-state index in [2.05, 4.69) is 5.32 Å². The molecule has 100 valence electrons. The average Bonchev–Trinajstić information content (AvgIpc) is 2.24. The molecule has 0 heterocycles. The number of rotatable bonds is 3. The molecule has 0 unspecified atom stereocenters. The van der Waals surface area contributed by atoms with E-state index in [0.717, 1.165) is 12.1 Å². The zero-order valence-electron chi connectivity index (χ0n) is 10.1. The van der Waals surface area contributed by atoms with Crippen LogP contribution in [0.4, 0.5) is 18.9 Å². The van der Waals surface area contributed by atoms with Gasteiger partial charge in [-0.3, -0.25) is 4.79 Å². The highest BCUT2D eigenvalue weighted by atomic mass is 19.4. The highest BCUT2D eigenvalue weighted by molar-refractivity contribution is 5.94. The number of halogens is 3. The Balaban J connectivity index is 2.95. The Hall–Kier alpha value is -1.72. The van der Waals surface area contributed by atoms with Gasteiger partial charge in [0.1, 0.15) is 0 Å². The molecular weight excluding hydrogens is 245 g/mol. The number of alkyl halides is 3. The quantitative estimate of drug-likeness (QED) is 0.821. The minimum atomic E-state index is -4.56. The second-order valence-electron chi connectivity index (χ2n) is 4.40. The van der Waals surface area contributed by atoms with Gasteiger partial charge in [-0.15, -0.1) is 0 Å². The maximum absolute atomic E-state index is 12.6. The molecule has 0 aliphatic carbocycles. The normalized spacial score (nSPS) is 11.7. The van der Waals surface area contributed by atoms with E-state index in [9.17, 15) is 18.0 Å². The van der Waals surface area contributed by atoms with E-state index < -0.39 is 17.6 Å². The molecule has 0 spiro atoms. The number of nitrogens with two attached hydrogens (primary N) is 1. The van der Waals surface area contributed by atoms with Crippen LogP contribution in [0.1, 0.15) is 29.8 Å². The second-order valence-corrected chi connectivity index (χ2v) is 4.40. The van der Waals surface area contributed by atoms with Gasteiger partial charge in [0.05, 0.1) is 5.56 Å². The predicted octanol–water partition coefficient (Wildman–Crippen LogP) is 2.67. The first kappa shape index (κ1) is 14.3. The summed E-state index contributed by atoms with van der Waals surface area (Å²) in [6.45, 7) is 4.19. The Morgan fingerprint density at radius 1 is 1.39 bits per heavy atom. The summed E-state index contributed by atoms with van der Waals surface area (Å²) >= 11 is 0. The lowest BCUT2D eigenvalue weighted by molar-refractivity contribution is -0.136. The number of nitrogens with one attached hydrogen (secondary N) is 1. The number of carbonyl (C=O) groups is 1. The number of carbonyl (C=O) groups excluding carboxylic acids is 1. The molecule has 0 fully saturated rings. The zero-order chi connectivity index (χ0) is 13.9. The number of benzene rings is 1. The Morgan fingerprint density at radius 3 is 2.50 bits per heavy atom. The van der Waals surface area contributed by atoms with Crippen LogP contribution < -0.4 is 11.1 Å². The minimum Gasteiger partial charge on any atom is -0.398 e. The molecule has 0 bridgehead atoms. The molecule has 3 nitrogen and oxygen atoms in total. The summed E-state index contributed by atoms with van der Waals surface area (Å²) in [6.07, 6.45) is -4.56. The first-order valence-corrected chi connectivity index (χ1v) is 5.46. The Kier molecular flexibility index (Phi) is 4.21. The van der Waals surface area contributed by atoms with E-state index in [0.29, 0.717) is 6.54 Å². The van der Waals surface area contributed by atoms with Gasteiger partial charge in [-0.25, -0.2) is 0 Å². The van der Waals surface area contributed by atoms with Crippen molar-refractivity contribution in [1.82, 2.24) is 5.32 Å². The third-order valence-corrected chi connectivity index (χ3v) is 2.29. The van der Waals surface area contributed by atoms with Crippen molar-refractivity contribution in [2.45, 2.75) is 20.0 Å². The maximum Gasteiger partial charge on any atom is 0.418 e. The molecule has 3 N–H and O–H groups in total. The molecule has 18 heavy (non-hydrogen) atoms. The summed E-state index contributed by atoms with van der Waals surface area (Å²) in [5.74, 6) is -0.306. The van der Waals surface area contributed by atoms with Gasteiger partial charge in [0.2, 0.25) is 0 Å². The Morgan fingerprint density at radius 2 is 2.00 bits per heavy atom. The molecule has 1 amide bonds. The van der Waals surface area contributed by atoms with Gasteiger partial charge in [-0.1, -0.05) is 13.8 Å². The number of anilines is 1. The smallest absolute Gasteiger partial charge is 0.398 e. The molecule has 0 atom stereocenters. The summed E-state index contributed by atoms with van der Waals surface area (Å²) in [7, 11) is 0. The van der Waals surface area contributed by atoms with E-state index in [4.69, 9.17) is 5.73 Å². The van der Waals surface area contributed by atoms with Crippen molar-refractivity contribution in [3.63, 3.8) is 0 Å². The number of hydrogen-bond donors (Lipinski definition) is 2. The van der Waals surface area contributed by atoms with Crippen LogP contribution in [0.5, 0.6) is 0 Å². The number of nitrogen functional groups attached to an aromatic ring is 1. The molecule has 0 saturated carbocycles. The number of amides is 1. The van der Waals surface area contributed by atoms with Gasteiger partial charge in [-0.2, -0.15) is 13.2 Å². The van der Waals surface area contributed by atoms with Crippen LogP contribution in [0.3, 0.4) is 0 Å². The van der Waals surface area contributed by atoms with Crippen molar-refractivity contribution in [3.8, 4) is 0 Å². The van der Waals surface area contributed by atoms with E-state index in [1.54, 1.807) is 0 Å². The third-order valence-electron chi connectivity index (χ3n) is 2.29. The van der Waals surface area contributed by atoms with Crippen molar-refractivity contribution >= 4 is 11.6 Å². The molecule has 0 aliphatic heterocycles. The molecule has 1 aromatic rings. The molecule has 1 aromatic carbocycles. The SMILES string of the molecule is CC(C)CNC(=O)c1ccc(N)c(C(F)(F)F)c1. The van der Waals surface area contributed by atoms with Crippen molar-refractivity contribution in [2.24, 2.45) is 5.92 Å². The Labute approximate surface area is 103 Å². The van der Waals surface area contributed by atoms with Gasteiger partial charge in [0, 0.05) is 17.8 Å². The molecule has 0 radical (unpaired) electrons. The van der Waals surface area contributed by atoms with Crippen LogP contribution >= 0.6 is 0 Å². The van der Waals surface area contributed by atoms with Gasteiger partial charge in [-0.05, 0) is 24.1 Å². The first-order valence-electron chi connectivity index (χ1n) is 5.46. The molecule has 0 saturated heterocycles. The summed E-state index contributed by atoms with van der Waals surface area (Å²) in [5.41, 5.74) is 3.83. The third kappa shape index (κ3) is 3.65. The van der Waals surface area contributed by atoms with Gasteiger partial charge in [0.25, 0.3) is 5.91 Å². The highest BCUT2D eigenvalue weighted by Crippen LogP contribution is 2.33. The monoisotopic (exact) mass is 260 g/mol. The summed E-state index contributed by atoms with van der Waals surface area (Å²) < 4.78 is 37.8. The maximum atomic E-state index is 12.6. The average molecular weight is 260 g/mol. The lowest BCUT2D eigenvalue weighted by Gasteiger charge is -2.12. The first-order chi connectivity index (χ1) is 8.21. The zero-order valence-corrected chi connectivity index (χ0v) is 10.1. The van der Waals surface area contributed by atoms with Gasteiger partial charge in [0.15, 0.2) is 0 Å². The molecule has 1 rings (SSSR count). The fourth-order valence-corrected chi connectivity index (χ4v) is 1.34. The van der Waals surface area contributed by atoms with E-state index >= 15 is 0 Å². The standard InChI is InChI=1S/C12H15F3N2O/c1-7(2)6-17-11(18)8-3-4-10(16)9(5-8)12(13,14)15/h3-5,7H,6,16H2,1-2H3,(H,17,18). The molecule has 0 aromatic heterocycles. The summed E-state index contributed by atoms with van der Waals surface area (Å²) in [6, 6.07) is 3.14. The number of hydrogen-bond acceptors (Lipinski definition) is 2. The lowest BCUT2D eigenvalue weighted by Crippen LogP contribution is -2.27. The minimum absolute atomic E-state index is 0.0443. The summed E-state index contributed by atoms with van der Waals surface area (Å²) in [4.78, 5) is 11.6. The lowest BCUT2D eigenvalue weighted by atomic mass is 10.1. The summed E-state index contributed by atoms with van der Waals surface area (Å²) in [5, 5.41) is 2.55. The molecular formula is C12H15F3N2O. The Bertz CT molecular complexity index is 441. The molecule has 0 aliphatic rings. The van der Waals surface area contributed by atoms with Crippen LogP contribution in [0.15, 0.2) is 18.2 Å². The fourth-order valence-electron chi connectivity index (χ4n) is 1.34.